The minimum atomic E-state index is 0.108. The molecule has 1 rings (SSSR count). The molecule has 17 heavy (non-hydrogen) atoms. The highest BCUT2D eigenvalue weighted by molar-refractivity contribution is 5.77. The Kier molecular flexibility index (Phi) is 5.71. The lowest BCUT2D eigenvalue weighted by atomic mass is 9.89. The first-order valence-corrected chi connectivity index (χ1v) is 6.40. The largest absolute Gasteiger partial charge is 0.381 e. The Morgan fingerprint density at radius 1 is 1.41 bits per heavy atom. The number of aliphatic imine (C=N–C) groups is 1. The third-order valence-corrected chi connectivity index (χ3v) is 3.47. The molecular formula is C12H26N4O. The maximum absolute atomic E-state index is 5.83. The van der Waals surface area contributed by atoms with Crippen LogP contribution in [0.5, 0.6) is 0 Å². The van der Waals surface area contributed by atoms with Gasteiger partial charge in [0, 0.05) is 25.3 Å². The molecule has 0 radical (unpaired) electrons. The van der Waals surface area contributed by atoms with Crippen molar-refractivity contribution in [2.45, 2.75) is 31.7 Å². The van der Waals surface area contributed by atoms with Crippen LogP contribution in [0.25, 0.3) is 0 Å². The van der Waals surface area contributed by atoms with Gasteiger partial charge in [0.2, 0.25) is 0 Å². The van der Waals surface area contributed by atoms with E-state index in [4.69, 9.17) is 10.5 Å². The molecule has 100 valence electrons. The lowest BCUT2D eigenvalue weighted by Crippen LogP contribution is -2.51. The average molecular weight is 242 g/mol. The Hall–Kier alpha value is -0.810. The number of likely N-dealkylation sites (N-methyl/N-ethyl adjacent to an activating group) is 1. The molecule has 0 aromatic carbocycles. The van der Waals surface area contributed by atoms with E-state index >= 15 is 0 Å². The van der Waals surface area contributed by atoms with Crippen LogP contribution in [0, 0.1) is 0 Å². The summed E-state index contributed by atoms with van der Waals surface area (Å²) >= 11 is 0. The molecule has 1 fully saturated rings. The smallest absolute Gasteiger partial charge is 0.188 e. The molecule has 1 heterocycles. The van der Waals surface area contributed by atoms with Gasteiger partial charge in [-0.3, -0.25) is 4.99 Å². The second kappa shape index (κ2) is 6.81. The van der Waals surface area contributed by atoms with E-state index < -0.39 is 0 Å². The van der Waals surface area contributed by atoms with Gasteiger partial charge < -0.3 is 20.7 Å². The van der Waals surface area contributed by atoms with Crippen molar-refractivity contribution in [2.75, 3.05) is 40.4 Å². The first kappa shape index (κ1) is 14.3. The van der Waals surface area contributed by atoms with Crippen LogP contribution < -0.4 is 11.1 Å². The van der Waals surface area contributed by atoms with Crippen molar-refractivity contribution >= 4 is 5.96 Å². The van der Waals surface area contributed by atoms with Crippen LogP contribution in [-0.4, -0.2) is 56.8 Å². The number of rotatable bonds is 5. The molecule has 1 aliphatic rings. The molecule has 0 aliphatic carbocycles. The Balaban J connectivity index is 2.54. The number of ether oxygens (including phenoxy) is 1. The summed E-state index contributed by atoms with van der Waals surface area (Å²) in [6.45, 7) is 5.37. The van der Waals surface area contributed by atoms with Crippen LogP contribution >= 0.6 is 0 Å². The third kappa shape index (κ3) is 4.16. The van der Waals surface area contributed by atoms with E-state index in [1.54, 1.807) is 0 Å². The Labute approximate surface area is 104 Å². The maximum Gasteiger partial charge on any atom is 0.188 e. The van der Waals surface area contributed by atoms with Crippen molar-refractivity contribution in [3.8, 4) is 0 Å². The highest BCUT2D eigenvalue weighted by atomic mass is 16.5. The van der Waals surface area contributed by atoms with Crippen molar-refractivity contribution in [3.63, 3.8) is 0 Å². The lowest BCUT2D eigenvalue weighted by molar-refractivity contribution is -0.00252. The van der Waals surface area contributed by atoms with Crippen LogP contribution in [0.3, 0.4) is 0 Å². The van der Waals surface area contributed by atoms with Gasteiger partial charge in [-0.2, -0.15) is 0 Å². The zero-order valence-electron chi connectivity index (χ0n) is 11.3. The molecular weight excluding hydrogens is 216 g/mol. The second-order valence-electron chi connectivity index (χ2n) is 4.86. The number of nitrogens with zero attached hydrogens (tertiary/aromatic N) is 2. The topological polar surface area (TPSA) is 62.9 Å². The summed E-state index contributed by atoms with van der Waals surface area (Å²) in [4.78, 5) is 6.72. The second-order valence-corrected chi connectivity index (χ2v) is 4.86. The molecule has 0 spiro atoms. The highest BCUT2D eigenvalue weighted by Gasteiger charge is 2.34. The van der Waals surface area contributed by atoms with Crippen molar-refractivity contribution in [1.82, 2.24) is 10.2 Å². The molecule has 1 saturated heterocycles. The van der Waals surface area contributed by atoms with E-state index in [9.17, 15) is 0 Å². The standard InChI is InChI=1S/C12H26N4O/c1-4-7-14-11(13)15-10-12(16(2)3)5-8-17-9-6-12/h4-10H2,1-3H3,(H3,13,14,15). The Bertz CT molecular complexity index is 247. The van der Waals surface area contributed by atoms with Crippen molar-refractivity contribution in [2.24, 2.45) is 10.7 Å². The molecule has 5 heteroatoms. The van der Waals surface area contributed by atoms with E-state index in [0.29, 0.717) is 5.96 Å². The quantitative estimate of drug-likeness (QED) is 0.541. The summed E-state index contributed by atoms with van der Waals surface area (Å²) in [6.07, 6.45) is 3.10. The molecule has 1 aliphatic heterocycles. The van der Waals surface area contributed by atoms with Crippen molar-refractivity contribution in [1.29, 1.82) is 0 Å². The molecule has 0 saturated carbocycles. The van der Waals surface area contributed by atoms with Crippen molar-refractivity contribution < 1.29 is 4.74 Å². The zero-order chi connectivity index (χ0) is 12.7. The first-order chi connectivity index (χ1) is 8.10. The van der Waals surface area contributed by atoms with E-state index in [2.05, 4.69) is 36.2 Å². The van der Waals surface area contributed by atoms with Crippen LogP contribution in [0.4, 0.5) is 0 Å². The third-order valence-electron chi connectivity index (χ3n) is 3.47. The molecule has 3 N–H and O–H groups in total. The normalized spacial score (nSPS) is 20.6. The summed E-state index contributed by atoms with van der Waals surface area (Å²) in [6, 6.07) is 0. The predicted molar refractivity (Wildman–Crippen MR) is 71.3 cm³/mol. The number of hydrogen-bond acceptors (Lipinski definition) is 3. The van der Waals surface area contributed by atoms with Crippen LogP contribution in [0.1, 0.15) is 26.2 Å². The summed E-state index contributed by atoms with van der Waals surface area (Å²) < 4.78 is 5.42. The molecule has 0 atom stereocenters. The summed E-state index contributed by atoms with van der Waals surface area (Å²) in [7, 11) is 4.22. The minimum Gasteiger partial charge on any atom is -0.381 e. The number of hydrogen-bond donors (Lipinski definition) is 2. The fourth-order valence-electron chi connectivity index (χ4n) is 2.04. The van der Waals surface area contributed by atoms with Gasteiger partial charge >= 0.3 is 0 Å². The van der Waals surface area contributed by atoms with Gasteiger partial charge in [0.15, 0.2) is 5.96 Å². The van der Waals surface area contributed by atoms with Crippen molar-refractivity contribution in [3.05, 3.63) is 0 Å². The predicted octanol–water partition coefficient (Wildman–Crippen LogP) is 0.412. The molecule has 0 unspecified atom stereocenters. The maximum atomic E-state index is 5.83. The fourth-order valence-corrected chi connectivity index (χ4v) is 2.04. The van der Waals surface area contributed by atoms with E-state index in [1.165, 1.54) is 0 Å². The lowest BCUT2D eigenvalue weighted by Gasteiger charge is -2.41. The van der Waals surface area contributed by atoms with Crippen LogP contribution in [0.15, 0.2) is 4.99 Å². The van der Waals surface area contributed by atoms with Crippen LogP contribution in [-0.2, 0) is 4.74 Å². The molecule has 5 nitrogen and oxygen atoms in total. The number of nitrogens with one attached hydrogen (secondary N) is 1. The Morgan fingerprint density at radius 3 is 2.59 bits per heavy atom. The monoisotopic (exact) mass is 242 g/mol. The average Bonchev–Trinajstić information content (AvgIpc) is 2.34. The van der Waals surface area contributed by atoms with E-state index in [-0.39, 0.29) is 5.54 Å². The van der Waals surface area contributed by atoms with Gasteiger partial charge in [0.1, 0.15) is 0 Å². The molecule has 0 aromatic heterocycles. The molecule has 0 bridgehead atoms. The SMILES string of the molecule is CCCNC(N)=NCC1(N(C)C)CCOCC1. The fraction of sp³-hybridized carbons (Fsp3) is 0.917. The van der Waals surface area contributed by atoms with Gasteiger partial charge in [-0.25, -0.2) is 0 Å². The van der Waals surface area contributed by atoms with E-state index in [0.717, 1.165) is 45.6 Å². The van der Waals surface area contributed by atoms with Crippen LogP contribution in [0.2, 0.25) is 0 Å². The summed E-state index contributed by atoms with van der Waals surface area (Å²) in [5, 5.41) is 3.11. The summed E-state index contributed by atoms with van der Waals surface area (Å²) in [5.41, 5.74) is 5.93. The van der Waals surface area contributed by atoms with E-state index in [1.807, 2.05) is 0 Å². The highest BCUT2D eigenvalue weighted by Crippen LogP contribution is 2.26. The first-order valence-electron chi connectivity index (χ1n) is 6.40. The van der Waals surface area contributed by atoms with Gasteiger partial charge in [0.25, 0.3) is 0 Å². The number of guanidine groups is 1. The molecule has 0 amide bonds. The number of nitrogens with two attached hydrogens (primary N) is 1. The Morgan fingerprint density at radius 2 is 2.06 bits per heavy atom. The van der Waals surface area contributed by atoms with Gasteiger partial charge in [-0.15, -0.1) is 0 Å². The summed E-state index contributed by atoms with van der Waals surface area (Å²) in [5.74, 6) is 0.555. The zero-order valence-corrected chi connectivity index (χ0v) is 11.3. The van der Waals surface area contributed by atoms with Gasteiger partial charge in [-0.1, -0.05) is 6.92 Å². The molecule has 0 aromatic rings. The minimum absolute atomic E-state index is 0.108. The van der Waals surface area contributed by atoms with Gasteiger partial charge in [-0.05, 0) is 33.4 Å². The van der Waals surface area contributed by atoms with Gasteiger partial charge in [0.05, 0.1) is 6.54 Å².